The highest BCUT2D eigenvalue weighted by atomic mass is 19.4. The van der Waals surface area contributed by atoms with Crippen LogP contribution in [0, 0.1) is 17.6 Å². The van der Waals surface area contributed by atoms with Crippen LogP contribution < -0.4 is 16.4 Å². The van der Waals surface area contributed by atoms with Crippen molar-refractivity contribution in [3.05, 3.63) is 35.4 Å². The normalized spacial score (nSPS) is 27.5. The number of ether oxygens (including phenoxy) is 1. The van der Waals surface area contributed by atoms with Gasteiger partial charge in [0.2, 0.25) is 29.5 Å². The molecule has 5 N–H and O–H groups in total. The maximum atomic E-state index is 14.0. The van der Waals surface area contributed by atoms with Crippen molar-refractivity contribution in [1.82, 2.24) is 25.3 Å². The predicted octanol–water partition coefficient (Wildman–Crippen LogP) is 0.623. The molecule has 1 aromatic rings. The monoisotopic (exact) mass is 774 g/mol. The molecule has 4 aliphatic heterocycles. The fourth-order valence-corrected chi connectivity index (χ4v) is 7.07. The minimum Gasteiger partial charge on any atom is -0.475 e. The van der Waals surface area contributed by atoms with Gasteiger partial charge in [-0.2, -0.15) is 13.2 Å². The van der Waals surface area contributed by atoms with E-state index in [1.165, 1.54) is 21.6 Å². The number of nitrogens with two attached hydrogens (primary N) is 1. The average Bonchev–Trinajstić information content (AvgIpc) is 3.75. The highest BCUT2D eigenvalue weighted by Gasteiger charge is 2.46. The largest absolute Gasteiger partial charge is 0.490 e. The molecule has 0 bridgehead atoms. The standard InChI is InChI=1S/C32H42F2N6O7.C2HF3O2/c1-17-10-26-32(46)47-16-23(37-27(41)22(35)13-19-11-20(33)14-21(34)12-19)30(44)39-9-5-7-25(39)31(45)38-8-4-3-6-24(38)28(42)36-18(2)29(43)40(26)15-17;3-2(4,5)1(6)7/h11-12,14,17-18,22-26H,3-10,13,15-16,35H2,1-2H3,(H,36,42)(H,37,41);(H,6,7)/t17-,18+,22+,23+,24+,25+,26+;/m1./s1. The number of rotatable bonds is 4. The maximum Gasteiger partial charge on any atom is 0.490 e. The molecule has 4 saturated heterocycles. The van der Waals surface area contributed by atoms with Crippen molar-refractivity contribution in [2.75, 3.05) is 26.2 Å². The number of carboxylic acid groups (broad SMARTS) is 1. The van der Waals surface area contributed by atoms with E-state index in [1.54, 1.807) is 0 Å². The molecule has 20 heteroatoms. The molecule has 0 radical (unpaired) electrons. The number of esters is 1. The van der Waals surface area contributed by atoms with Crippen LogP contribution in [-0.2, 0) is 44.7 Å². The van der Waals surface area contributed by atoms with E-state index in [2.05, 4.69) is 10.6 Å². The lowest BCUT2D eigenvalue weighted by atomic mass is 9.99. The van der Waals surface area contributed by atoms with Gasteiger partial charge in [-0.05, 0) is 75.5 Å². The van der Waals surface area contributed by atoms with Crippen LogP contribution in [0.2, 0.25) is 0 Å². The number of cyclic esters (lactones) is 1. The maximum absolute atomic E-state index is 14.0. The number of carbonyl (C=O) groups is 7. The SMILES string of the molecule is C[C@@H]1C[C@H]2C(=O)OC[C@H](NC(=O)[C@@H](N)Cc3cc(F)cc(F)c3)C(=O)N3CCC[C@H]3C(=O)N3CCCC[C@H]3C(=O)N[C@@H](C)C(=O)N2C1.O=C(O)C(F)(F)F. The van der Waals surface area contributed by atoms with Gasteiger partial charge in [-0.1, -0.05) is 6.92 Å². The molecule has 7 atom stereocenters. The third-order valence-corrected chi connectivity index (χ3v) is 9.67. The van der Waals surface area contributed by atoms with Crippen LogP contribution in [0.1, 0.15) is 57.9 Å². The number of hydrogen-bond donors (Lipinski definition) is 4. The fourth-order valence-electron chi connectivity index (χ4n) is 7.07. The van der Waals surface area contributed by atoms with Gasteiger partial charge in [-0.15, -0.1) is 0 Å². The summed E-state index contributed by atoms with van der Waals surface area (Å²) in [6.45, 7) is 3.54. The van der Waals surface area contributed by atoms with Gasteiger partial charge in [0.1, 0.15) is 48.5 Å². The fraction of sp³-hybridized carbons (Fsp3) is 0.618. The highest BCUT2D eigenvalue weighted by Crippen LogP contribution is 2.28. The number of nitrogens with zero attached hydrogens (tertiary/aromatic N) is 3. The third-order valence-electron chi connectivity index (χ3n) is 9.67. The summed E-state index contributed by atoms with van der Waals surface area (Å²) in [7, 11) is 0. The van der Waals surface area contributed by atoms with Gasteiger partial charge in [0.15, 0.2) is 0 Å². The Morgan fingerprint density at radius 1 is 0.907 bits per heavy atom. The second-order valence-electron chi connectivity index (χ2n) is 13.9. The number of piperidine rings is 1. The Morgan fingerprint density at radius 2 is 1.50 bits per heavy atom. The first kappa shape index (κ1) is 41.9. The van der Waals surface area contributed by atoms with Gasteiger partial charge < -0.3 is 40.9 Å². The van der Waals surface area contributed by atoms with Crippen LogP contribution >= 0.6 is 0 Å². The number of nitrogens with one attached hydrogen (secondary N) is 2. The molecule has 4 heterocycles. The summed E-state index contributed by atoms with van der Waals surface area (Å²) in [6.07, 6.45) is -2.47. The van der Waals surface area contributed by atoms with Crippen molar-refractivity contribution >= 4 is 41.5 Å². The van der Waals surface area contributed by atoms with E-state index in [0.717, 1.165) is 12.1 Å². The molecule has 0 unspecified atom stereocenters. The Morgan fingerprint density at radius 3 is 2.13 bits per heavy atom. The molecule has 4 fully saturated rings. The Labute approximate surface area is 306 Å². The first-order chi connectivity index (χ1) is 25.3. The summed E-state index contributed by atoms with van der Waals surface area (Å²) in [5, 5.41) is 12.4. The quantitative estimate of drug-likeness (QED) is 0.248. The first-order valence-electron chi connectivity index (χ1n) is 17.5. The van der Waals surface area contributed by atoms with E-state index in [9.17, 15) is 50.7 Å². The number of carboxylic acids is 1. The average molecular weight is 775 g/mol. The number of amides is 5. The number of hydrogen-bond acceptors (Lipinski definition) is 9. The van der Waals surface area contributed by atoms with Crippen molar-refractivity contribution in [2.45, 2.75) is 101 Å². The predicted molar refractivity (Wildman–Crippen MR) is 176 cm³/mol. The molecule has 54 heavy (non-hydrogen) atoms. The Balaban J connectivity index is 0.000000845. The molecule has 5 rings (SSSR count). The lowest BCUT2D eigenvalue weighted by molar-refractivity contribution is -0.192. The van der Waals surface area contributed by atoms with Crippen molar-refractivity contribution in [3.63, 3.8) is 0 Å². The second kappa shape index (κ2) is 17.5. The van der Waals surface area contributed by atoms with Gasteiger partial charge in [-0.3, -0.25) is 24.0 Å². The molecule has 0 spiro atoms. The summed E-state index contributed by atoms with van der Waals surface area (Å²) in [6, 6.07) is -3.72. The molecule has 0 aliphatic carbocycles. The zero-order chi connectivity index (χ0) is 40.1. The van der Waals surface area contributed by atoms with E-state index in [-0.39, 0.29) is 31.0 Å². The van der Waals surface area contributed by atoms with Crippen molar-refractivity contribution in [3.8, 4) is 0 Å². The molecule has 15 nitrogen and oxygen atoms in total. The number of alkyl halides is 3. The minimum absolute atomic E-state index is 0.0545. The Bertz CT molecular complexity index is 1610. The van der Waals surface area contributed by atoms with E-state index in [4.69, 9.17) is 20.4 Å². The minimum atomic E-state index is -5.08. The summed E-state index contributed by atoms with van der Waals surface area (Å²) >= 11 is 0. The number of benzene rings is 1. The van der Waals surface area contributed by atoms with Crippen molar-refractivity contribution < 1.29 is 65.4 Å². The third kappa shape index (κ3) is 10.2. The van der Waals surface area contributed by atoms with Crippen molar-refractivity contribution in [1.29, 1.82) is 0 Å². The lowest BCUT2D eigenvalue weighted by Gasteiger charge is -2.39. The Kier molecular flexibility index (Phi) is 13.6. The topological polar surface area (TPSA) is 209 Å². The summed E-state index contributed by atoms with van der Waals surface area (Å²) < 4.78 is 64.8. The van der Waals surface area contributed by atoms with Crippen molar-refractivity contribution in [2.24, 2.45) is 11.7 Å². The zero-order valence-electron chi connectivity index (χ0n) is 29.6. The number of halogens is 5. The summed E-state index contributed by atoms with van der Waals surface area (Å²) in [5.41, 5.74) is 6.20. The molecule has 298 valence electrons. The molecule has 4 aliphatic rings. The summed E-state index contributed by atoms with van der Waals surface area (Å²) in [4.78, 5) is 94.7. The molecule has 5 amide bonds. The van der Waals surface area contributed by atoms with Crippen LogP contribution in [0.3, 0.4) is 0 Å². The molecule has 1 aromatic carbocycles. The Hall–Kier alpha value is -4.88. The van der Waals surface area contributed by atoms with E-state index in [0.29, 0.717) is 51.1 Å². The molecule has 0 saturated carbocycles. The van der Waals surface area contributed by atoms with Crippen LogP contribution in [0.25, 0.3) is 0 Å². The second-order valence-corrected chi connectivity index (χ2v) is 13.9. The lowest BCUT2D eigenvalue weighted by Crippen LogP contribution is -2.61. The number of carbonyl (C=O) groups excluding carboxylic acids is 6. The van der Waals surface area contributed by atoms with E-state index < -0.39 is 102 Å². The molecular weight excluding hydrogens is 731 g/mol. The molecule has 0 aromatic heterocycles. The smallest absolute Gasteiger partial charge is 0.475 e. The zero-order valence-corrected chi connectivity index (χ0v) is 29.6. The van der Waals surface area contributed by atoms with Crippen LogP contribution in [-0.4, -0.2) is 130 Å². The molecular formula is C34H43F5N6O9. The van der Waals surface area contributed by atoms with Crippen LogP contribution in [0.4, 0.5) is 22.0 Å². The van der Waals surface area contributed by atoms with Crippen LogP contribution in [0.5, 0.6) is 0 Å². The van der Waals surface area contributed by atoms with Crippen LogP contribution in [0.15, 0.2) is 18.2 Å². The van der Waals surface area contributed by atoms with Gasteiger partial charge in [0.05, 0.1) is 6.04 Å². The summed E-state index contributed by atoms with van der Waals surface area (Å²) in [5.74, 6) is -8.17. The number of fused-ring (bicyclic) bond motifs is 3. The van der Waals surface area contributed by atoms with Gasteiger partial charge in [-0.25, -0.2) is 18.4 Å². The van der Waals surface area contributed by atoms with Gasteiger partial charge >= 0.3 is 18.1 Å². The van der Waals surface area contributed by atoms with Gasteiger partial charge in [0.25, 0.3) is 0 Å². The first-order valence-corrected chi connectivity index (χ1v) is 17.5. The van der Waals surface area contributed by atoms with Gasteiger partial charge in [0, 0.05) is 25.7 Å². The van der Waals surface area contributed by atoms with E-state index >= 15 is 0 Å². The highest BCUT2D eigenvalue weighted by molar-refractivity contribution is 5.97. The number of aliphatic carboxylic acids is 1. The van der Waals surface area contributed by atoms with E-state index in [1.807, 2.05) is 6.92 Å².